The Labute approximate surface area is 146 Å². The van der Waals surface area contributed by atoms with E-state index in [4.69, 9.17) is 0 Å². The van der Waals surface area contributed by atoms with Crippen molar-refractivity contribution in [1.29, 1.82) is 0 Å². The summed E-state index contributed by atoms with van der Waals surface area (Å²) in [6.45, 7) is 5.05. The van der Waals surface area contributed by atoms with Crippen LogP contribution in [0, 0.1) is 17.8 Å². The predicted octanol–water partition coefficient (Wildman–Crippen LogP) is 4.65. The number of fused-ring (bicyclic) bond motifs is 1. The molecule has 4 atom stereocenters. The van der Waals surface area contributed by atoms with E-state index in [9.17, 15) is 0 Å². The molecular weight excluding hydrogens is 304 g/mol. The van der Waals surface area contributed by atoms with Crippen molar-refractivity contribution < 1.29 is 0 Å². The quantitative estimate of drug-likeness (QED) is 0.719. The molecule has 0 amide bonds. The summed E-state index contributed by atoms with van der Waals surface area (Å²) >= 11 is 0. The van der Waals surface area contributed by atoms with Crippen LogP contribution in [0.1, 0.15) is 13.3 Å². The molecule has 1 heteroatoms. The first kappa shape index (κ1) is 15.7. The second kappa shape index (κ2) is 6.21. The third-order valence-corrected chi connectivity index (χ3v) is 11.6. The zero-order chi connectivity index (χ0) is 16.6. The third-order valence-electron chi connectivity index (χ3n) is 6.46. The van der Waals surface area contributed by atoms with E-state index in [0.717, 1.165) is 17.4 Å². The summed E-state index contributed by atoms with van der Waals surface area (Å²) in [5.74, 6) is 2.20. The lowest BCUT2D eigenvalue weighted by atomic mass is 9.87. The van der Waals surface area contributed by atoms with Crippen LogP contribution in [0.3, 0.4) is 0 Å². The Morgan fingerprint density at radius 1 is 0.750 bits per heavy atom. The van der Waals surface area contributed by atoms with E-state index in [1.807, 2.05) is 0 Å². The van der Waals surface area contributed by atoms with Crippen LogP contribution in [0.2, 0.25) is 12.1 Å². The second-order valence-electron chi connectivity index (χ2n) is 7.68. The first-order valence-corrected chi connectivity index (χ1v) is 11.7. The Morgan fingerprint density at radius 2 is 1.25 bits per heavy atom. The molecule has 24 heavy (non-hydrogen) atoms. The lowest BCUT2D eigenvalue weighted by molar-refractivity contribution is 0.450. The molecule has 4 rings (SSSR count). The number of hydrogen-bond acceptors (Lipinski definition) is 0. The average molecular weight is 331 g/mol. The van der Waals surface area contributed by atoms with Gasteiger partial charge < -0.3 is 0 Å². The van der Waals surface area contributed by atoms with Crippen LogP contribution in [0.5, 0.6) is 0 Å². The predicted molar refractivity (Wildman–Crippen MR) is 107 cm³/mol. The summed E-state index contributed by atoms with van der Waals surface area (Å²) in [7, 11) is -1.80. The monoisotopic (exact) mass is 330 g/mol. The molecule has 2 aromatic rings. The SMILES string of the molecule is CC1CC([Si](C)(c2ccccc2)c2ccccc2)C2C=CC=CC12. The average Bonchev–Trinajstić information content (AvgIpc) is 3.00. The molecule has 2 aromatic carbocycles. The van der Waals surface area contributed by atoms with Gasteiger partial charge in [-0.3, -0.25) is 0 Å². The molecule has 1 fully saturated rings. The van der Waals surface area contributed by atoms with Gasteiger partial charge in [0.25, 0.3) is 0 Å². The number of benzene rings is 2. The molecule has 0 aromatic heterocycles. The Kier molecular flexibility index (Phi) is 4.05. The van der Waals surface area contributed by atoms with E-state index in [1.54, 1.807) is 10.4 Å². The molecule has 0 nitrogen and oxygen atoms in total. The van der Waals surface area contributed by atoms with E-state index in [1.165, 1.54) is 6.42 Å². The number of hydrogen-bond donors (Lipinski definition) is 0. The maximum absolute atomic E-state index is 2.60. The molecule has 0 saturated heterocycles. The summed E-state index contributed by atoms with van der Waals surface area (Å²) in [6.07, 6.45) is 10.8. The van der Waals surface area contributed by atoms with E-state index in [-0.39, 0.29) is 0 Å². The highest BCUT2D eigenvalue weighted by molar-refractivity contribution is 7.02. The summed E-state index contributed by atoms with van der Waals surface area (Å²) < 4.78 is 0. The van der Waals surface area contributed by atoms with E-state index >= 15 is 0 Å². The van der Waals surface area contributed by atoms with Crippen molar-refractivity contribution in [2.75, 3.05) is 0 Å². The van der Waals surface area contributed by atoms with E-state index in [2.05, 4.69) is 98.4 Å². The van der Waals surface area contributed by atoms with Crippen LogP contribution < -0.4 is 10.4 Å². The van der Waals surface area contributed by atoms with Crippen molar-refractivity contribution in [3.05, 3.63) is 85.0 Å². The number of rotatable bonds is 3. The smallest absolute Gasteiger partial charge is 0.0808 e. The largest absolute Gasteiger partial charge is 0.118 e. The molecule has 0 aliphatic heterocycles. The lowest BCUT2D eigenvalue weighted by Crippen LogP contribution is -2.60. The van der Waals surface area contributed by atoms with Gasteiger partial charge in [-0.15, -0.1) is 0 Å². The van der Waals surface area contributed by atoms with Gasteiger partial charge in [0.2, 0.25) is 0 Å². The van der Waals surface area contributed by atoms with Gasteiger partial charge in [0.15, 0.2) is 0 Å². The van der Waals surface area contributed by atoms with Gasteiger partial charge in [-0.1, -0.05) is 109 Å². The van der Waals surface area contributed by atoms with Gasteiger partial charge in [-0.25, -0.2) is 0 Å². The van der Waals surface area contributed by atoms with Crippen LogP contribution in [-0.4, -0.2) is 8.07 Å². The van der Waals surface area contributed by atoms with Crippen LogP contribution in [0.25, 0.3) is 0 Å². The highest BCUT2D eigenvalue weighted by atomic mass is 28.3. The van der Waals surface area contributed by atoms with Crippen molar-refractivity contribution in [3.63, 3.8) is 0 Å². The normalized spacial score (nSPS) is 28.8. The Morgan fingerprint density at radius 3 is 1.79 bits per heavy atom. The van der Waals surface area contributed by atoms with Crippen molar-refractivity contribution in [2.45, 2.75) is 25.4 Å². The van der Waals surface area contributed by atoms with Crippen molar-refractivity contribution >= 4 is 18.4 Å². The highest BCUT2D eigenvalue weighted by Crippen LogP contribution is 2.51. The summed E-state index contributed by atoms with van der Waals surface area (Å²) in [5, 5.41) is 3.16. The Hall–Kier alpha value is -1.86. The summed E-state index contributed by atoms with van der Waals surface area (Å²) in [6, 6.07) is 22.7. The summed E-state index contributed by atoms with van der Waals surface area (Å²) in [4.78, 5) is 0. The van der Waals surface area contributed by atoms with Crippen LogP contribution in [-0.2, 0) is 0 Å². The maximum Gasteiger partial charge on any atom is 0.118 e. The molecule has 4 unspecified atom stereocenters. The molecule has 1 saturated carbocycles. The fraction of sp³-hybridized carbons (Fsp3) is 0.304. The topological polar surface area (TPSA) is 0 Å². The molecule has 2 aliphatic rings. The van der Waals surface area contributed by atoms with E-state index in [0.29, 0.717) is 5.92 Å². The van der Waals surface area contributed by atoms with Crippen LogP contribution in [0.4, 0.5) is 0 Å². The molecule has 0 radical (unpaired) electrons. The van der Waals surface area contributed by atoms with Crippen molar-refractivity contribution in [3.8, 4) is 0 Å². The minimum absolute atomic E-state index is 0.696. The van der Waals surface area contributed by atoms with Gasteiger partial charge in [-0.05, 0) is 29.7 Å². The standard InChI is InChI=1S/C23H26Si/c1-18-17-23(22-16-10-9-15-21(18)22)24(2,19-11-5-3-6-12-19)20-13-7-4-8-14-20/h3-16,18,21-23H,17H2,1-2H3. The molecule has 122 valence electrons. The van der Waals surface area contributed by atoms with Gasteiger partial charge >= 0.3 is 0 Å². The molecule has 2 aliphatic carbocycles. The zero-order valence-electron chi connectivity index (χ0n) is 14.6. The first-order chi connectivity index (χ1) is 11.7. The number of allylic oxidation sites excluding steroid dienone is 4. The Balaban J connectivity index is 1.85. The Bertz CT molecular complexity index is 705. The zero-order valence-corrected chi connectivity index (χ0v) is 15.6. The van der Waals surface area contributed by atoms with Gasteiger partial charge in [0.1, 0.15) is 8.07 Å². The minimum atomic E-state index is -1.80. The molecule has 0 N–H and O–H groups in total. The lowest BCUT2D eigenvalue weighted by Gasteiger charge is -2.38. The second-order valence-corrected chi connectivity index (χ2v) is 12.0. The first-order valence-electron chi connectivity index (χ1n) is 9.17. The van der Waals surface area contributed by atoms with Crippen molar-refractivity contribution in [2.24, 2.45) is 17.8 Å². The van der Waals surface area contributed by atoms with Crippen LogP contribution in [0.15, 0.2) is 85.0 Å². The molecule has 0 spiro atoms. The fourth-order valence-corrected chi connectivity index (χ4v) is 10.0. The maximum atomic E-state index is 2.60. The van der Waals surface area contributed by atoms with E-state index < -0.39 is 8.07 Å². The van der Waals surface area contributed by atoms with Crippen LogP contribution >= 0.6 is 0 Å². The fourth-order valence-electron chi connectivity index (χ4n) is 5.11. The minimum Gasteiger partial charge on any atom is -0.0808 e. The van der Waals surface area contributed by atoms with Gasteiger partial charge in [0, 0.05) is 0 Å². The van der Waals surface area contributed by atoms with Crippen molar-refractivity contribution in [1.82, 2.24) is 0 Å². The third kappa shape index (κ3) is 2.43. The molecule has 0 heterocycles. The molecule has 0 bridgehead atoms. The molecular formula is C23H26Si. The summed E-state index contributed by atoms with van der Waals surface area (Å²) in [5.41, 5.74) is 0.767. The highest BCUT2D eigenvalue weighted by Gasteiger charge is 2.50. The van der Waals surface area contributed by atoms with Gasteiger partial charge in [-0.2, -0.15) is 0 Å². The van der Waals surface area contributed by atoms with Gasteiger partial charge in [0.05, 0.1) is 0 Å².